The normalized spacial score (nSPS) is 11.2. The lowest BCUT2D eigenvalue weighted by Crippen LogP contribution is -1.84. The zero-order valence-electron chi connectivity index (χ0n) is 12.1. The van der Waals surface area contributed by atoms with Crippen LogP contribution in [0, 0.1) is 6.92 Å². The maximum absolute atomic E-state index is 10.2. The fraction of sp³-hybridized carbons (Fsp3) is 0.222. The van der Waals surface area contributed by atoms with Crippen LogP contribution >= 0.6 is 0 Å². The number of fused-ring (bicyclic) bond motifs is 3. The molecule has 0 spiro atoms. The molecular weight excluding hydrogens is 246 g/mol. The molecule has 20 heavy (non-hydrogen) atoms. The van der Waals surface area contributed by atoms with Gasteiger partial charge in [-0.25, -0.2) is 0 Å². The predicted molar refractivity (Wildman–Crippen MR) is 85.3 cm³/mol. The molecule has 3 aromatic rings. The molecule has 0 bridgehead atoms. The number of H-pyrrole nitrogens is 1. The summed E-state index contributed by atoms with van der Waals surface area (Å²) in [6, 6.07) is 10.3. The Labute approximate surface area is 118 Å². The number of hydrogen-bond acceptors (Lipinski definition) is 1. The SMILES string of the molecule is CC(C)=CCc1cc2c(cc1O)[nH]c1cc(C)ccc12. The van der Waals surface area contributed by atoms with Crippen LogP contribution in [0.5, 0.6) is 5.75 Å². The molecule has 102 valence electrons. The number of rotatable bonds is 2. The average molecular weight is 265 g/mol. The first-order valence-electron chi connectivity index (χ1n) is 6.92. The summed E-state index contributed by atoms with van der Waals surface area (Å²) in [7, 11) is 0. The molecule has 0 amide bonds. The second-order valence-electron chi connectivity index (χ2n) is 5.69. The van der Waals surface area contributed by atoms with Crippen LogP contribution in [0.15, 0.2) is 42.0 Å². The second kappa shape index (κ2) is 4.71. The van der Waals surface area contributed by atoms with Gasteiger partial charge in [0.1, 0.15) is 5.75 Å². The van der Waals surface area contributed by atoms with Crippen molar-refractivity contribution in [1.29, 1.82) is 0 Å². The third-order valence-electron chi connectivity index (χ3n) is 3.68. The number of allylic oxidation sites excluding steroid dienone is 2. The first-order chi connectivity index (χ1) is 9.54. The first kappa shape index (κ1) is 12.8. The minimum atomic E-state index is 0.360. The Balaban J connectivity index is 2.22. The van der Waals surface area contributed by atoms with E-state index in [1.807, 2.05) is 6.07 Å². The van der Waals surface area contributed by atoms with Gasteiger partial charge in [-0.05, 0) is 50.5 Å². The van der Waals surface area contributed by atoms with Crippen molar-refractivity contribution >= 4 is 21.8 Å². The minimum Gasteiger partial charge on any atom is -0.508 e. The zero-order valence-corrected chi connectivity index (χ0v) is 12.1. The van der Waals surface area contributed by atoms with E-state index in [9.17, 15) is 5.11 Å². The Bertz CT molecular complexity index is 820. The van der Waals surface area contributed by atoms with Crippen LogP contribution in [0.1, 0.15) is 25.0 Å². The Kier molecular flexibility index (Phi) is 3.01. The van der Waals surface area contributed by atoms with Crippen LogP contribution < -0.4 is 0 Å². The van der Waals surface area contributed by atoms with E-state index in [1.165, 1.54) is 21.9 Å². The van der Waals surface area contributed by atoms with E-state index in [0.29, 0.717) is 5.75 Å². The molecule has 1 heterocycles. The van der Waals surface area contributed by atoms with Gasteiger partial charge in [-0.1, -0.05) is 23.8 Å². The summed E-state index contributed by atoms with van der Waals surface area (Å²) in [6.45, 7) is 6.23. The third kappa shape index (κ3) is 2.18. The molecule has 2 aromatic carbocycles. The summed E-state index contributed by atoms with van der Waals surface area (Å²) in [4.78, 5) is 3.38. The molecule has 2 nitrogen and oxygen atoms in total. The number of nitrogens with one attached hydrogen (secondary N) is 1. The summed E-state index contributed by atoms with van der Waals surface area (Å²) in [5, 5.41) is 12.5. The Hall–Kier alpha value is -2.22. The number of benzene rings is 2. The minimum absolute atomic E-state index is 0.360. The lowest BCUT2D eigenvalue weighted by Gasteiger charge is -2.03. The number of phenols is 1. The highest BCUT2D eigenvalue weighted by Crippen LogP contribution is 2.31. The highest BCUT2D eigenvalue weighted by Gasteiger charge is 2.08. The number of hydrogen-bond donors (Lipinski definition) is 2. The van der Waals surface area contributed by atoms with Gasteiger partial charge < -0.3 is 10.1 Å². The molecule has 0 saturated carbocycles. The summed E-state index contributed by atoms with van der Waals surface area (Å²) in [6.07, 6.45) is 2.91. The van der Waals surface area contributed by atoms with Gasteiger partial charge in [0.05, 0.1) is 5.52 Å². The predicted octanol–water partition coefficient (Wildman–Crippen LogP) is 4.84. The van der Waals surface area contributed by atoms with E-state index in [-0.39, 0.29) is 0 Å². The topological polar surface area (TPSA) is 36.0 Å². The molecule has 0 atom stereocenters. The fourth-order valence-corrected chi connectivity index (χ4v) is 2.58. The molecule has 0 aliphatic heterocycles. The molecule has 0 radical (unpaired) electrons. The van der Waals surface area contributed by atoms with Gasteiger partial charge in [0.25, 0.3) is 0 Å². The van der Waals surface area contributed by atoms with Crippen molar-refractivity contribution in [1.82, 2.24) is 4.98 Å². The largest absolute Gasteiger partial charge is 0.508 e. The summed E-state index contributed by atoms with van der Waals surface area (Å²) >= 11 is 0. The van der Waals surface area contributed by atoms with Crippen LogP contribution in [0.3, 0.4) is 0 Å². The molecule has 2 heteroatoms. The number of aromatic hydroxyl groups is 1. The van der Waals surface area contributed by atoms with Gasteiger partial charge in [0.15, 0.2) is 0 Å². The monoisotopic (exact) mass is 265 g/mol. The Morgan fingerprint density at radius 3 is 2.60 bits per heavy atom. The Morgan fingerprint density at radius 1 is 1.10 bits per heavy atom. The van der Waals surface area contributed by atoms with Gasteiger partial charge in [-0.15, -0.1) is 0 Å². The highest BCUT2D eigenvalue weighted by atomic mass is 16.3. The Morgan fingerprint density at radius 2 is 1.85 bits per heavy atom. The van der Waals surface area contributed by atoms with Crippen LogP contribution in [-0.4, -0.2) is 10.1 Å². The molecule has 1 aromatic heterocycles. The van der Waals surface area contributed by atoms with E-state index < -0.39 is 0 Å². The van der Waals surface area contributed by atoms with Crippen LogP contribution in [-0.2, 0) is 6.42 Å². The van der Waals surface area contributed by atoms with Crippen molar-refractivity contribution in [2.45, 2.75) is 27.2 Å². The number of phenolic OH excluding ortho intramolecular Hbond substituents is 1. The molecule has 0 aliphatic rings. The standard InChI is InChI=1S/C18H19NO/c1-11(2)4-6-13-9-15-14-7-5-12(3)8-16(14)19-17(15)10-18(13)20/h4-5,7-10,19-20H,6H2,1-3H3. The summed E-state index contributed by atoms with van der Waals surface area (Å²) in [5.74, 6) is 0.360. The van der Waals surface area contributed by atoms with Crippen molar-refractivity contribution in [3.8, 4) is 5.75 Å². The fourth-order valence-electron chi connectivity index (χ4n) is 2.58. The van der Waals surface area contributed by atoms with Crippen LogP contribution in [0.25, 0.3) is 21.8 Å². The van der Waals surface area contributed by atoms with Crippen LogP contribution in [0.2, 0.25) is 0 Å². The van der Waals surface area contributed by atoms with Crippen molar-refractivity contribution in [3.05, 3.63) is 53.1 Å². The molecule has 3 rings (SSSR count). The highest BCUT2D eigenvalue weighted by molar-refractivity contribution is 6.08. The third-order valence-corrected chi connectivity index (χ3v) is 3.68. The number of aromatic amines is 1. The van der Waals surface area contributed by atoms with Crippen molar-refractivity contribution in [2.24, 2.45) is 0 Å². The van der Waals surface area contributed by atoms with Gasteiger partial charge in [-0.2, -0.15) is 0 Å². The number of aryl methyl sites for hydroxylation is 1. The maximum Gasteiger partial charge on any atom is 0.121 e. The second-order valence-corrected chi connectivity index (χ2v) is 5.69. The van der Waals surface area contributed by atoms with Crippen molar-refractivity contribution in [2.75, 3.05) is 0 Å². The molecule has 0 unspecified atom stereocenters. The van der Waals surface area contributed by atoms with Gasteiger partial charge in [0, 0.05) is 22.4 Å². The van der Waals surface area contributed by atoms with E-state index in [0.717, 1.165) is 23.0 Å². The molecular formula is C18H19NO. The number of aromatic nitrogens is 1. The zero-order chi connectivity index (χ0) is 14.3. The lowest BCUT2D eigenvalue weighted by atomic mass is 10.0. The van der Waals surface area contributed by atoms with Crippen molar-refractivity contribution in [3.63, 3.8) is 0 Å². The van der Waals surface area contributed by atoms with E-state index >= 15 is 0 Å². The average Bonchev–Trinajstić information content (AvgIpc) is 2.71. The summed E-state index contributed by atoms with van der Waals surface area (Å²) < 4.78 is 0. The molecule has 2 N–H and O–H groups in total. The molecule has 0 fully saturated rings. The van der Waals surface area contributed by atoms with Crippen molar-refractivity contribution < 1.29 is 5.11 Å². The van der Waals surface area contributed by atoms with E-state index in [1.54, 1.807) is 0 Å². The van der Waals surface area contributed by atoms with Gasteiger partial charge >= 0.3 is 0 Å². The van der Waals surface area contributed by atoms with Gasteiger partial charge in [-0.3, -0.25) is 0 Å². The molecule has 0 aliphatic carbocycles. The summed E-state index contributed by atoms with van der Waals surface area (Å²) in [5.41, 5.74) is 5.58. The first-order valence-corrected chi connectivity index (χ1v) is 6.92. The lowest BCUT2D eigenvalue weighted by molar-refractivity contribution is 0.470. The quantitative estimate of drug-likeness (QED) is 0.639. The molecule has 0 saturated heterocycles. The smallest absolute Gasteiger partial charge is 0.121 e. The van der Waals surface area contributed by atoms with E-state index in [2.05, 4.69) is 56.1 Å². The van der Waals surface area contributed by atoms with Gasteiger partial charge in [0.2, 0.25) is 0 Å². The van der Waals surface area contributed by atoms with Crippen LogP contribution in [0.4, 0.5) is 0 Å². The van der Waals surface area contributed by atoms with E-state index in [4.69, 9.17) is 0 Å². The maximum atomic E-state index is 10.2.